The van der Waals surface area contributed by atoms with Gasteiger partial charge in [-0.3, -0.25) is 15.7 Å². The highest BCUT2D eigenvalue weighted by Gasteiger charge is 2.34. The van der Waals surface area contributed by atoms with Crippen LogP contribution < -0.4 is 20.9 Å². The minimum absolute atomic E-state index is 0.141. The number of amides is 1. The molecule has 7 N–H and O–H groups in total. The Morgan fingerprint density at radius 3 is 2.67 bits per heavy atom. The summed E-state index contributed by atoms with van der Waals surface area (Å²) in [6, 6.07) is 16.7. The van der Waals surface area contributed by atoms with Gasteiger partial charge in [-0.2, -0.15) is 0 Å². The Labute approximate surface area is 241 Å². The fourth-order valence-corrected chi connectivity index (χ4v) is 5.15. The zero-order valence-corrected chi connectivity index (χ0v) is 23.4. The van der Waals surface area contributed by atoms with Gasteiger partial charge in [-0.25, -0.2) is 9.78 Å². The van der Waals surface area contributed by atoms with Gasteiger partial charge >= 0.3 is 6.09 Å². The molecule has 9 nitrogen and oxygen atoms in total. The molecule has 11 heteroatoms. The second kappa shape index (κ2) is 12.0. The highest BCUT2D eigenvalue weighted by Crippen LogP contribution is 2.41. The van der Waals surface area contributed by atoms with Gasteiger partial charge in [0, 0.05) is 38.2 Å². The number of anilines is 1. The van der Waals surface area contributed by atoms with E-state index < -0.39 is 6.09 Å². The first-order chi connectivity index (χ1) is 19.4. The summed E-state index contributed by atoms with van der Waals surface area (Å²) in [6.45, 7) is 0. The molecule has 206 valence electrons. The van der Waals surface area contributed by atoms with E-state index >= 15 is 0 Å². The van der Waals surface area contributed by atoms with Crippen LogP contribution in [0.4, 0.5) is 10.5 Å². The van der Waals surface area contributed by atoms with Crippen LogP contribution in [0.15, 0.2) is 72.4 Å². The fourth-order valence-electron chi connectivity index (χ4n) is 4.70. The van der Waals surface area contributed by atoms with Crippen LogP contribution in [0.1, 0.15) is 42.3 Å². The summed E-state index contributed by atoms with van der Waals surface area (Å²) in [5, 5.41) is 21.7. The number of halogens is 1. The van der Waals surface area contributed by atoms with E-state index in [1.807, 2.05) is 36.4 Å². The summed E-state index contributed by atoms with van der Waals surface area (Å²) >= 11 is 7.34. The first-order valence-electron chi connectivity index (χ1n) is 12.7. The van der Waals surface area contributed by atoms with Crippen LogP contribution in [0.5, 0.6) is 0 Å². The van der Waals surface area contributed by atoms with Crippen LogP contribution in [0.25, 0.3) is 28.1 Å². The Kier molecular flexibility index (Phi) is 8.29. The van der Waals surface area contributed by atoms with Crippen LogP contribution in [0.3, 0.4) is 0 Å². The topological polar surface area (TPSA) is 143 Å². The minimum atomic E-state index is -0.524. The monoisotopic (exact) mass is 577 g/mol. The lowest BCUT2D eigenvalue weighted by Gasteiger charge is -2.13. The second-order valence-electron chi connectivity index (χ2n) is 9.69. The predicted molar refractivity (Wildman–Crippen MR) is 157 cm³/mol. The number of rotatable bonds is 9. The molecule has 0 saturated heterocycles. The number of hydrogen-bond donors (Lipinski definition) is 5. The van der Waals surface area contributed by atoms with E-state index in [2.05, 4.69) is 15.0 Å². The third-order valence-corrected chi connectivity index (χ3v) is 7.56. The van der Waals surface area contributed by atoms with Crippen molar-refractivity contribution in [2.24, 2.45) is 16.8 Å². The highest BCUT2D eigenvalue weighted by atomic mass is 35.5. The molecule has 40 heavy (non-hydrogen) atoms. The highest BCUT2D eigenvalue weighted by molar-refractivity contribution is 8.00. The van der Waals surface area contributed by atoms with Gasteiger partial charge in [0.25, 0.3) is 0 Å². The Morgan fingerprint density at radius 2 is 2.00 bits per heavy atom. The van der Waals surface area contributed by atoms with Crippen molar-refractivity contribution < 1.29 is 19.5 Å². The third kappa shape index (κ3) is 6.25. The number of ether oxygens (including phenoxy) is 1. The first-order valence-corrected chi connectivity index (χ1v) is 14.0. The molecule has 0 spiro atoms. The number of carbonyl (C=O) groups is 1. The summed E-state index contributed by atoms with van der Waals surface area (Å²) in [5.74, 6) is 1.21. The van der Waals surface area contributed by atoms with Crippen LogP contribution in [-0.4, -0.2) is 28.4 Å². The van der Waals surface area contributed by atoms with Crippen molar-refractivity contribution in [3.63, 3.8) is 0 Å². The van der Waals surface area contributed by atoms with Crippen molar-refractivity contribution in [3.8, 4) is 22.4 Å². The molecule has 1 amide bonds. The van der Waals surface area contributed by atoms with E-state index in [0.29, 0.717) is 22.3 Å². The molecule has 1 atom stereocenters. The van der Waals surface area contributed by atoms with Gasteiger partial charge in [-0.15, -0.1) is 0 Å². The third-order valence-electron chi connectivity index (χ3n) is 6.93. The summed E-state index contributed by atoms with van der Waals surface area (Å²) in [5.41, 5.74) is 12.2. The smallest absolute Gasteiger partial charge is 0.411 e. The Bertz CT molecular complexity index is 1550. The van der Waals surface area contributed by atoms with Gasteiger partial charge in [0.05, 0.1) is 24.6 Å². The lowest BCUT2D eigenvalue weighted by atomic mass is 9.94. The van der Waals surface area contributed by atoms with Crippen molar-refractivity contribution in [1.29, 1.82) is 0 Å². The number of nitrogens with one attached hydrogen (secondary N) is 2. The number of aromatic amines is 1. The second-order valence-corrected chi connectivity index (χ2v) is 10.6. The Hall–Kier alpha value is -3.99. The Morgan fingerprint density at radius 1 is 1.25 bits per heavy atom. The van der Waals surface area contributed by atoms with Crippen LogP contribution in [-0.2, 0) is 4.74 Å². The molecular weight excluding hydrogens is 548 g/mol. The van der Waals surface area contributed by atoms with Crippen molar-refractivity contribution in [1.82, 2.24) is 9.97 Å². The van der Waals surface area contributed by atoms with E-state index in [1.54, 1.807) is 36.0 Å². The number of hydrogen-bond acceptors (Lipinski definition) is 7. The number of nitrogens with zero attached hydrogens (tertiary/aromatic N) is 2. The van der Waals surface area contributed by atoms with Crippen molar-refractivity contribution in [2.45, 2.75) is 25.2 Å². The SMILES string of the molecule is COC(=O)Nc1ccc(-c2cnc(C(CC3CC3)c3ccc(-c4cc(Cl)ccc4/C(N)=C/SN)c[n+]3O)[nH]2)cc1. The molecule has 4 aromatic rings. The molecule has 2 aromatic heterocycles. The zero-order valence-electron chi connectivity index (χ0n) is 21.8. The maximum atomic E-state index is 11.5. The molecule has 5 rings (SSSR count). The predicted octanol–water partition coefficient (Wildman–Crippen LogP) is 5.90. The molecule has 2 heterocycles. The van der Waals surface area contributed by atoms with Gasteiger partial charge in [0.1, 0.15) is 11.7 Å². The zero-order chi connectivity index (χ0) is 28.2. The minimum Gasteiger partial charge on any atom is -0.453 e. The van der Waals surface area contributed by atoms with E-state index in [4.69, 9.17) is 27.5 Å². The number of aromatic nitrogens is 3. The van der Waals surface area contributed by atoms with Crippen molar-refractivity contribution in [3.05, 3.63) is 94.5 Å². The molecule has 1 aliphatic rings. The molecular formula is C29H30ClN6O3S+. The number of pyridine rings is 1. The number of H-pyrrole nitrogens is 1. The quantitative estimate of drug-likeness (QED) is 0.0947. The molecule has 1 saturated carbocycles. The number of methoxy groups -OCH3 is 1. The maximum absolute atomic E-state index is 11.5. The van der Waals surface area contributed by atoms with Gasteiger partial charge < -0.3 is 15.5 Å². The Balaban J connectivity index is 1.45. The lowest BCUT2D eigenvalue weighted by molar-refractivity contribution is -0.909. The standard InChI is InChI=1S/C29H29ClN6O3S/c1-39-29(37)34-21-8-4-18(5-9-21)26-14-33-28(35-26)24(12-17-2-3-17)27-11-6-19(15-36(27)38)23-13-20(30)7-10-22(23)25(31)16-40-32/h4-11,13-17,24H,2-3,12,31-32H2,1H3,(H2-,33,34,35,37,38)/p+1/b25-16-. The molecule has 0 radical (unpaired) electrons. The molecule has 2 aromatic carbocycles. The molecule has 1 aliphatic carbocycles. The van der Waals surface area contributed by atoms with Crippen LogP contribution in [0, 0.1) is 5.92 Å². The van der Waals surface area contributed by atoms with Gasteiger partial charge in [0.15, 0.2) is 0 Å². The van der Waals surface area contributed by atoms with Crippen LogP contribution in [0.2, 0.25) is 5.02 Å². The number of imidazole rings is 1. The fraction of sp³-hybridized carbons (Fsp3) is 0.207. The number of carbonyl (C=O) groups excluding carboxylic acids is 1. The molecule has 0 bridgehead atoms. The molecule has 1 fully saturated rings. The van der Waals surface area contributed by atoms with Crippen LogP contribution >= 0.6 is 23.5 Å². The first kappa shape index (κ1) is 27.6. The number of nitrogens with two attached hydrogens (primary N) is 2. The largest absolute Gasteiger partial charge is 0.453 e. The summed E-state index contributed by atoms with van der Waals surface area (Å²) in [6.07, 6.45) is 6.13. The van der Waals surface area contributed by atoms with Gasteiger partial charge in [-0.05, 0) is 53.8 Å². The lowest BCUT2D eigenvalue weighted by Crippen LogP contribution is -2.37. The summed E-state index contributed by atoms with van der Waals surface area (Å²) in [4.78, 5) is 19.6. The van der Waals surface area contributed by atoms with E-state index in [0.717, 1.165) is 57.8 Å². The van der Waals surface area contributed by atoms with Crippen molar-refractivity contribution >= 4 is 41.0 Å². The summed E-state index contributed by atoms with van der Waals surface area (Å²) < 4.78 is 5.81. The molecule has 1 unspecified atom stereocenters. The average molecular weight is 578 g/mol. The molecule has 0 aliphatic heterocycles. The maximum Gasteiger partial charge on any atom is 0.411 e. The van der Waals surface area contributed by atoms with Gasteiger partial charge in [0.2, 0.25) is 11.9 Å². The average Bonchev–Trinajstić information content (AvgIpc) is 3.65. The van der Waals surface area contributed by atoms with Gasteiger partial charge in [-0.1, -0.05) is 54.6 Å². The number of benzene rings is 2. The van der Waals surface area contributed by atoms with E-state index in [-0.39, 0.29) is 5.92 Å². The normalized spacial score (nSPS) is 14.1. The van der Waals surface area contributed by atoms with Crippen molar-refractivity contribution in [2.75, 3.05) is 12.4 Å². The van der Waals surface area contributed by atoms with E-state index in [9.17, 15) is 10.0 Å². The van der Waals surface area contributed by atoms with E-state index in [1.165, 1.54) is 24.7 Å². The summed E-state index contributed by atoms with van der Waals surface area (Å²) in [7, 11) is 1.32.